The molecule has 0 saturated carbocycles. The summed E-state index contributed by atoms with van der Waals surface area (Å²) < 4.78 is 0. The molecule has 0 bridgehead atoms. The second-order valence-electron chi connectivity index (χ2n) is 4.85. The molecule has 82 valence electrons. The topological polar surface area (TPSA) is 16.6 Å². The van der Waals surface area contributed by atoms with E-state index in [-0.39, 0.29) is 5.54 Å². The van der Waals surface area contributed by atoms with Crippen LogP contribution in [0.25, 0.3) is 0 Å². The van der Waals surface area contributed by atoms with E-state index in [1.807, 2.05) is 6.08 Å². The maximum absolute atomic E-state index is 3.81. The first kappa shape index (κ1) is 12.0. The summed E-state index contributed by atoms with van der Waals surface area (Å²) >= 11 is 0. The van der Waals surface area contributed by atoms with Gasteiger partial charge in [-0.15, -0.1) is 6.58 Å². The molecule has 0 spiro atoms. The smallest absolute Gasteiger partial charge is 0.109 e. The van der Waals surface area contributed by atoms with Crippen molar-refractivity contribution in [3.05, 3.63) is 48.6 Å². The Labute approximate surface area is 93.2 Å². The highest BCUT2D eigenvalue weighted by molar-refractivity contribution is 5.16. The van der Waals surface area contributed by atoms with Crippen molar-refractivity contribution < 1.29 is 5.32 Å². The highest BCUT2D eigenvalue weighted by atomic mass is 15.0. The Morgan fingerprint density at radius 3 is 2.47 bits per heavy atom. The fourth-order valence-electron chi connectivity index (χ4n) is 1.97. The quantitative estimate of drug-likeness (QED) is 0.710. The number of hydrogen-bond acceptors (Lipinski definition) is 0. The molecule has 0 aliphatic rings. The lowest BCUT2D eigenvalue weighted by atomic mass is 9.97. The standard InChI is InChI=1S/C14H21N/c1-5-11-14(3,4)15-12(2)13-9-7-6-8-10-13/h5-10,12,15H,1,11H2,2-4H3/p+1/t12-/m1/s1. The van der Waals surface area contributed by atoms with Gasteiger partial charge in [-0.1, -0.05) is 36.4 Å². The summed E-state index contributed by atoms with van der Waals surface area (Å²) in [5.41, 5.74) is 1.62. The average Bonchev–Trinajstić information content (AvgIpc) is 2.18. The molecule has 1 atom stereocenters. The van der Waals surface area contributed by atoms with Crippen LogP contribution in [0.3, 0.4) is 0 Å². The van der Waals surface area contributed by atoms with Crippen molar-refractivity contribution in [3.63, 3.8) is 0 Å². The first-order chi connectivity index (χ1) is 7.05. The van der Waals surface area contributed by atoms with Crippen molar-refractivity contribution >= 4 is 0 Å². The van der Waals surface area contributed by atoms with Gasteiger partial charge in [0.2, 0.25) is 0 Å². The zero-order valence-corrected chi connectivity index (χ0v) is 10.0. The fraction of sp³-hybridized carbons (Fsp3) is 0.429. The third-order valence-electron chi connectivity index (χ3n) is 2.70. The van der Waals surface area contributed by atoms with E-state index in [4.69, 9.17) is 0 Å². The molecule has 1 nitrogen and oxygen atoms in total. The van der Waals surface area contributed by atoms with Crippen LogP contribution < -0.4 is 5.32 Å². The molecule has 0 aliphatic carbocycles. The van der Waals surface area contributed by atoms with Crippen molar-refractivity contribution in [3.8, 4) is 0 Å². The van der Waals surface area contributed by atoms with E-state index in [1.54, 1.807) is 0 Å². The normalized spacial score (nSPS) is 13.5. The van der Waals surface area contributed by atoms with Crippen molar-refractivity contribution in [1.82, 2.24) is 0 Å². The Morgan fingerprint density at radius 2 is 1.93 bits per heavy atom. The zero-order chi connectivity index (χ0) is 11.3. The Bertz CT molecular complexity index is 300. The minimum absolute atomic E-state index is 0.233. The molecule has 0 unspecified atom stereocenters. The molecule has 15 heavy (non-hydrogen) atoms. The van der Waals surface area contributed by atoms with Crippen LogP contribution in [0.4, 0.5) is 0 Å². The number of hydrogen-bond donors (Lipinski definition) is 1. The Balaban J connectivity index is 2.63. The van der Waals surface area contributed by atoms with Gasteiger partial charge in [0.05, 0.1) is 5.54 Å². The van der Waals surface area contributed by atoms with Crippen LogP contribution in [0.2, 0.25) is 0 Å². The highest BCUT2D eigenvalue weighted by Crippen LogP contribution is 2.10. The van der Waals surface area contributed by atoms with E-state index in [2.05, 4.69) is 63.0 Å². The lowest BCUT2D eigenvalue weighted by Gasteiger charge is -2.25. The summed E-state index contributed by atoms with van der Waals surface area (Å²) in [7, 11) is 0. The van der Waals surface area contributed by atoms with Gasteiger partial charge in [0.15, 0.2) is 0 Å². The zero-order valence-electron chi connectivity index (χ0n) is 10.0. The van der Waals surface area contributed by atoms with E-state index in [9.17, 15) is 0 Å². The second-order valence-corrected chi connectivity index (χ2v) is 4.85. The first-order valence-electron chi connectivity index (χ1n) is 5.57. The van der Waals surface area contributed by atoms with E-state index in [0.29, 0.717) is 6.04 Å². The lowest BCUT2D eigenvalue weighted by molar-refractivity contribution is -0.753. The lowest BCUT2D eigenvalue weighted by Crippen LogP contribution is -2.95. The van der Waals surface area contributed by atoms with E-state index >= 15 is 0 Å². The third-order valence-corrected chi connectivity index (χ3v) is 2.70. The molecule has 1 heteroatoms. The van der Waals surface area contributed by atoms with Crippen molar-refractivity contribution in [1.29, 1.82) is 0 Å². The Hall–Kier alpha value is -1.08. The maximum Gasteiger partial charge on any atom is 0.109 e. The van der Waals surface area contributed by atoms with Crippen molar-refractivity contribution in [2.75, 3.05) is 0 Å². The molecule has 0 aliphatic heterocycles. The fourth-order valence-corrected chi connectivity index (χ4v) is 1.97. The van der Waals surface area contributed by atoms with E-state index < -0.39 is 0 Å². The van der Waals surface area contributed by atoms with Crippen LogP contribution in [0.5, 0.6) is 0 Å². The summed E-state index contributed by atoms with van der Waals surface area (Å²) in [5, 5.41) is 2.41. The minimum atomic E-state index is 0.233. The van der Waals surface area contributed by atoms with Crippen LogP contribution in [0.1, 0.15) is 38.8 Å². The largest absolute Gasteiger partial charge is 0.336 e. The van der Waals surface area contributed by atoms with E-state index in [1.165, 1.54) is 5.56 Å². The van der Waals surface area contributed by atoms with Gasteiger partial charge in [-0.2, -0.15) is 0 Å². The molecule has 1 aromatic rings. The van der Waals surface area contributed by atoms with Gasteiger partial charge in [0, 0.05) is 12.0 Å². The van der Waals surface area contributed by atoms with Crippen LogP contribution in [0.15, 0.2) is 43.0 Å². The average molecular weight is 204 g/mol. The van der Waals surface area contributed by atoms with Gasteiger partial charge in [0.1, 0.15) is 6.04 Å². The molecule has 2 N–H and O–H groups in total. The molecule has 1 rings (SSSR count). The molecule has 0 fully saturated rings. The molecular formula is C14H22N+. The highest BCUT2D eigenvalue weighted by Gasteiger charge is 2.23. The summed E-state index contributed by atoms with van der Waals surface area (Å²) in [4.78, 5) is 0. The summed E-state index contributed by atoms with van der Waals surface area (Å²) in [5.74, 6) is 0. The van der Waals surface area contributed by atoms with Gasteiger partial charge in [-0.05, 0) is 20.8 Å². The molecular weight excluding hydrogens is 182 g/mol. The predicted octanol–water partition coefficient (Wildman–Crippen LogP) is 2.67. The molecule has 0 saturated heterocycles. The van der Waals surface area contributed by atoms with Crippen molar-refractivity contribution in [2.45, 2.75) is 38.8 Å². The second kappa shape index (κ2) is 5.13. The SMILES string of the molecule is C=CCC(C)(C)[NH2+][C@H](C)c1ccccc1. The van der Waals surface area contributed by atoms with Gasteiger partial charge in [-0.3, -0.25) is 0 Å². The number of nitrogens with two attached hydrogens (primary N) is 1. The van der Waals surface area contributed by atoms with Crippen molar-refractivity contribution in [2.24, 2.45) is 0 Å². The Kier molecular flexibility index (Phi) is 4.10. The van der Waals surface area contributed by atoms with Gasteiger partial charge in [-0.25, -0.2) is 0 Å². The van der Waals surface area contributed by atoms with Crippen LogP contribution >= 0.6 is 0 Å². The monoisotopic (exact) mass is 204 g/mol. The number of benzene rings is 1. The van der Waals surface area contributed by atoms with E-state index in [0.717, 1.165) is 6.42 Å². The van der Waals surface area contributed by atoms with Crippen LogP contribution in [-0.4, -0.2) is 5.54 Å². The maximum atomic E-state index is 3.81. The van der Waals surface area contributed by atoms with Crippen LogP contribution in [0, 0.1) is 0 Å². The predicted molar refractivity (Wildman–Crippen MR) is 65.7 cm³/mol. The van der Waals surface area contributed by atoms with Gasteiger partial charge < -0.3 is 5.32 Å². The molecule has 0 radical (unpaired) electrons. The number of quaternary nitrogens is 1. The molecule has 0 amide bonds. The molecule has 0 aromatic heterocycles. The summed E-state index contributed by atoms with van der Waals surface area (Å²) in [6.07, 6.45) is 3.03. The third kappa shape index (κ3) is 3.88. The molecule has 1 aromatic carbocycles. The number of rotatable bonds is 5. The minimum Gasteiger partial charge on any atom is -0.336 e. The Morgan fingerprint density at radius 1 is 1.33 bits per heavy atom. The van der Waals surface area contributed by atoms with Gasteiger partial charge in [0.25, 0.3) is 0 Å². The van der Waals surface area contributed by atoms with Crippen LogP contribution in [-0.2, 0) is 0 Å². The first-order valence-corrected chi connectivity index (χ1v) is 5.57. The summed E-state index contributed by atoms with van der Waals surface area (Å²) in [6, 6.07) is 11.1. The summed E-state index contributed by atoms with van der Waals surface area (Å²) in [6.45, 7) is 10.6. The van der Waals surface area contributed by atoms with Gasteiger partial charge >= 0.3 is 0 Å². The molecule has 0 heterocycles.